The summed E-state index contributed by atoms with van der Waals surface area (Å²) in [6, 6.07) is 6.60. The van der Waals surface area contributed by atoms with Crippen LogP contribution in [0.2, 0.25) is 5.02 Å². The van der Waals surface area contributed by atoms with Gasteiger partial charge in [-0.3, -0.25) is 0 Å². The molecule has 0 N–H and O–H groups in total. The van der Waals surface area contributed by atoms with E-state index in [2.05, 4.69) is 67.8 Å². The Kier molecular flexibility index (Phi) is 4.68. The van der Waals surface area contributed by atoms with Crippen LogP contribution in [0.1, 0.15) is 0 Å². The van der Waals surface area contributed by atoms with Crippen molar-refractivity contribution in [3.05, 3.63) is 59.7 Å². The maximum atomic E-state index is 12.4. The molecule has 0 saturated carbocycles. The van der Waals surface area contributed by atoms with Crippen molar-refractivity contribution in [3.8, 4) is 17.4 Å². The highest BCUT2D eigenvalue weighted by Gasteiger charge is 2.20. The average molecular weight is 562 g/mol. The van der Waals surface area contributed by atoms with Gasteiger partial charge in [0.15, 0.2) is 5.82 Å². The second-order valence-electron chi connectivity index (χ2n) is 5.01. The first-order chi connectivity index (χ1) is 12.4. The van der Waals surface area contributed by atoms with Crippen LogP contribution in [0.5, 0.6) is 0 Å². The molecule has 0 radical (unpaired) electrons. The number of fused-ring (bicyclic) bond motifs is 1. The Balaban J connectivity index is 2.01. The van der Waals surface area contributed by atoms with Crippen molar-refractivity contribution < 1.29 is 4.42 Å². The van der Waals surface area contributed by atoms with Crippen molar-refractivity contribution in [3.63, 3.8) is 0 Å². The van der Waals surface area contributed by atoms with Crippen molar-refractivity contribution in [2.75, 3.05) is 0 Å². The summed E-state index contributed by atoms with van der Waals surface area (Å²) in [4.78, 5) is 25.3. The van der Waals surface area contributed by atoms with E-state index in [-0.39, 0.29) is 5.89 Å². The van der Waals surface area contributed by atoms with Crippen LogP contribution in [0.4, 0.5) is 0 Å². The smallest absolute Gasteiger partial charge is 0.347 e. The molecule has 0 spiro atoms. The third-order valence-electron chi connectivity index (χ3n) is 3.38. The Morgan fingerprint density at radius 3 is 2.69 bits per heavy atom. The first-order valence-corrected chi connectivity index (χ1v) is 9.73. The number of hydrogen-bond acceptors (Lipinski definition) is 6. The zero-order chi connectivity index (χ0) is 18.4. The molecule has 0 aliphatic rings. The lowest BCUT2D eigenvalue weighted by Crippen LogP contribution is -2.08. The molecule has 4 aromatic heterocycles. The topological polar surface area (TPSA) is 86.7 Å². The molecule has 0 atom stereocenters. The first kappa shape index (κ1) is 17.8. The second-order valence-corrected chi connectivity index (χ2v) is 7.79. The fourth-order valence-corrected chi connectivity index (χ4v) is 4.03. The highest BCUT2D eigenvalue weighted by atomic mass is 79.9. The summed E-state index contributed by atoms with van der Waals surface area (Å²) >= 11 is 16.1. The summed E-state index contributed by atoms with van der Waals surface area (Å²) in [6.45, 7) is 0. The van der Waals surface area contributed by atoms with Gasteiger partial charge >= 0.3 is 5.63 Å². The van der Waals surface area contributed by atoms with Crippen LogP contribution in [0.3, 0.4) is 0 Å². The summed E-state index contributed by atoms with van der Waals surface area (Å²) in [5.74, 6) is 0.444. The summed E-state index contributed by atoms with van der Waals surface area (Å²) in [5.41, 5.74) is 0.228. The number of hydrogen-bond donors (Lipinski definition) is 0. The van der Waals surface area contributed by atoms with E-state index in [1.54, 1.807) is 30.5 Å². The number of pyridine rings is 2. The maximum Gasteiger partial charge on any atom is 0.347 e. The van der Waals surface area contributed by atoms with Crippen molar-refractivity contribution in [1.29, 1.82) is 0 Å². The molecule has 0 aromatic carbocycles. The van der Waals surface area contributed by atoms with Gasteiger partial charge in [0.05, 0.1) is 10.4 Å². The van der Waals surface area contributed by atoms with Gasteiger partial charge in [-0.2, -0.15) is 5.10 Å². The third kappa shape index (κ3) is 3.11. The minimum atomic E-state index is -0.551. The van der Waals surface area contributed by atoms with Gasteiger partial charge in [0, 0.05) is 12.3 Å². The predicted octanol–water partition coefficient (Wildman–Crippen LogP) is 4.77. The molecular weight excluding hydrogens is 557 g/mol. The monoisotopic (exact) mass is 559 g/mol. The molecule has 0 unspecified atom stereocenters. The van der Waals surface area contributed by atoms with Gasteiger partial charge in [0.25, 0.3) is 0 Å². The lowest BCUT2D eigenvalue weighted by molar-refractivity contribution is 0.513. The lowest BCUT2D eigenvalue weighted by atomic mass is 10.3. The number of aromatic nitrogens is 5. The Morgan fingerprint density at radius 1 is 1.12 bits per heavy atom. The molecule has 130 valence electrons. The van der Waals surface area contributed by atoms with E-state index in [9.17, 15) is 4.79 Å². The van der Waals surface area contributed by atoms with Crippen molar-refractivity contribution >= 4 is 70.3 Å². The van der Waals surface area contributed by atoms with E-state index in [1.165, 1.54) is 4.68 Å². The molecule has 0 amide bonds. The second kappa shape index (κ2) is 6.84. The van der Waals surface area contributed by atoms with E-state index >= 15 is 0 Å². The van der Waals surface area contributed by atoms with Gasteiger partial charge < -0.3 is 4.42 Å². The molecule has 11 heteroatoms. The Bertz CT molecular complexity index is 1220. The van der Waals surface area contributed by atoms with E-state index in [1.807, 2.05) is 0 Å². The van der Waals surface area contributed by atoms with Gasteiger partial charge in [-0.05, 0) is 66.0 Å². The molecule has 0 bridgehead atoms. The number of rotatable bonds is 2. The summed E-state index contributed by atoms with van der Waals surface area (Å²) < 4.78 is 8.27. The Labute approximate surface area is 175 Å². The van der Waals surface area contributed by atoms with Crippen LogP contribution in [-0.4, -0.2) is 24.7 Å². The minimum Gasteiger partial charge on any atom is -0.401 e. The lowest BCUT2D eigenvalue weighted by Gasteiger charge is -2.07. The molecule has 0 fully saturated rings. The van der Waals surface area contributed by atoms with Crippen molar-refractivity contribution in [2.45, 2.75) is 0 Å². The molecular formula is C15H5Br3ClN5O2. The molecule has 7 nitrogen and oxygen atoms in total. The molecule has 4 rings (SSSR count). The highest BCUT2D eigenvalue weighted by molar-refractivity contribution is 9.11. The quantitative estimate of drug-likeness (QED) is 0.327. The van der Waals surface area contributed by atoms with Crippen LogP contribution in [-0.2, 0) is 0 Å². The fraction of sp³-hybridized carbons (Fsp3) is 0. The first-order valence-electron chi connectivity index (χ1n) is 6.98. The van der Waals surface area contributed by atoms with Crippen molar-refractivity contribution in [1.82, 2.24) is 24.7 Å². The summed E-state index contributed by atoms with van der Waals surface area (Å²) in [7, 11) is 0. The van der Waals surface area contributed by atoms with E-state index in [0.29, 0.717) is 41.2 Å². The molecule has 0 aliphatic heterocycles. The van der Waals surface area contributed by atoms with Gasteiger partial charge in [0.2, 0.25) is 5.89 Å². The van der Waals surface area contributed by atoms with E-state index in [4.69, 9.17) is 16.0 Å². The highest BCUT2D eigenvalue weighted by Crippen LogP contribution is 2.29. The maximum absolute atomic E-state index is 12.4. The SMILES string of the molecule is O=c1oc(-c2cc(Br)nn2-c2ncccc2Cl)nc2c(Br)nc(Br)cc12. The molecule has 0 saturated heterocycles. The van der Waals surface area contributed by atoms with Crippen LogP contribution in [0, 0.1) is 0 Å². The zero-order valence-electron chi connectivity index (χ0n) is 12.5. The normalized spacial score (nSPS) is 11.2. The van der Waals surface area contributed by atoms with Crippen LogP contribution < -0.4 is 5.63 Å². The fourth-order valence-electron chi connectivity index (χ4n) is 2.32. The van der Waals surface area contributed by atoms with E-state index in [0.717, 1.165) is 0 Å². The van der Waals surface area contributed by atoms with Crippen LogP contribution >= 0.6 is 59.4 Å². The van der Waals surface area contributed by atoms with Gasteiger partial charge in [-0.25, -0.2) is 24.4 Å². The van der Waals surface area contributed by atoms with E-state index < -0.39 is 5.63 Å². The van der Waals surface area contributed by atoms with Gasteiger partial charge in [-0.15, -0.1) is 0 Å². The summed E-state index contributed by atoms with van der Waals surface area (Å²) in [5, 5.41) is 5.00. The molecule has 0 aliphatic carbocycles. The van der Waals surface area contributed by atoms with Crippen LogP contribution in [0.15, 0.2) is 53.5 Å². The van der Waals surface area contributed by atoms with Gasteiger partial charge in [-0.1, -0.05) is 11.6 Å². The zero-order valence-corrected chi connectivity index (χ0v) is 18.0. The summed E-state index contributed by atoms with van der Waals surface area (Å²) in [6.07, 6.45) is 1.59. The number of halogens is 4. The van der Waals surface area contributed by atoms with Crippen molar-refractivity contribution in [2.24, 2.45) is 0 Å². The Hall–Kier alpha value is -1.62. The molecule has 26 heavy (non-hydrogen) atoms. The largest absolute Gasteiger partial charge is 0.401 e. The molecule has 4 heterocycles. The van der Waals surface area contributed by atoms with Crippen LogP contribution in [0.25, 0.3) is 28.3 Å². The standard InChI is InChI=1S/C15H5Br3ClN5O2/c16-9-4-6-11(12(18)21-9)22-14(26-15(6)25)8-5-10(17)23-24(8)13-7(19)2-1-3-20-13/h1-5H. The predicted molar refractivity (Wildman–Crippen MR) is 107 cm³/mol. The number of nitrogens with zero attached hydrogens (tertiary/aromatic N) is 5. The minimum absolute atomic E-state index is 0.0623. The Morgan fingerprint density at radius 2 is 1.92 bits per heavy atom. The van der Waals surface area contributed by atoms with Gasteiger partial charge in [0.1, 0.15) is 25.0 Å². The average Bonchev–Trinajstić information content (AvgIpc) is 2.97. The molecule has 4 aromatic rings. The third-order valence-corrected chi connectivity index (χ3v) is 5.02.